The van der Waals surface area contributed by atoms with Crippen LogP contribution in [0.15, 0.2) is 18.3 Å². The molecule has 1 aromatic heterocycles. The van der Waals surface area contributed by atoms with Crippen LogP contribution in [0.2, 0.25) is 0 Å². The van der Waals surface area contributed by atoms with Crippen LogP contribution in [0.25, 0.3) is 0 Å². The number of nitrogens with one attached hydrogen (secondary N) is 2. The Morgan fingerprint density at radius 2 is 2.53 bits per heavy atom. The van der Waals surface area contributed by atoms with Gasteiger partial charge in [-0.3, -0.25) is 4.79 Å². The van der Waals surface area contributed by atoms with Gasteiger partial charge in [0, 0.05) is 6.20 Å². The predicted octanol–water partition coefficient (Wildman–Crippen LogP) is 0.478. The maximum Gasteiger partial charge on any atom is 0.242 e. The van der Waals surface area contributed by atoms with Crippen molar-refractivity contribution in [3.05, 3.63) is 18.3 Å². The number of pyridine rings is 1. The molecule has 5 heteroatoms. The molecule has 80 valence electrons. The fraction of sp³-hybridized carbons (Fsp3) is 0.400. The van der Waals surface area contributed by atoms with Crippen molar-refractivity contribution in [3.8, 4) is 5.75 Å². The Balaban J connectivity index is 2.02. The van der Waals surface area contributed by atoms with Crippen LogP contribution in [0.1, 0.15) is 12.8 Å². The number of aromatic hydroxyl groups is 1. The van der Waals surface area contributed by atoms with E-state index >= 15 is 0 Å². The van der Waals surface area contributed by atoms with E-state index in [0.717, 1.165) is 19.4 Å². The van der Waals surface area contributed by atoms with Crippen LogP contribution in [-0.2, 0) is 4.79 Å². The van der Waals surface area contributed by atoms with Crippen molar-refractivity contribution in [2.75, 3.05) is 11.9 Å². The summed E-state index contributed by atoms with van der Waals surface area (Å²) in [4.78, 5) is 15.5. The highest BCUT2D eigenvalue weighted by molar-refractivity contribution is 5.95. The number of carbonyl (C=O) groups is 1. The maximum atomic E-state index is 11.6. The molecular weight excluding hydrogens is 194 g/mol. The number of rotatable bonds is 2. The third-order valence-corrected chi connectivity index (χ3v) is 2.40. The monoisotopic (exact) mass is 207 g/mol. The van der Waals surface area contributed by atoms with Crippen LogP contribution in [0.3, 0.4) is 0 Å². The second-order valence-electron chi connectivity index (χ2n) is 3.51. The molecule has 15 heavy (non-hydrogen) atoms. The van der Waals surface area contributed by atoms with Crippen LogP contribution < -0.4 is 10.6 Å². The first kappa shape index (κ1) is 9.92. The highest BCUT2D eigenvalue weighted by Gasteiger charge is 2.22. The highest BCUT2D eigenvalue weighted by Crippen LogP contribution is 2.19. The zero-order valence-corrected chi connectivity index (χ0v) is 8.23. The minimum absolute atomic E-state index is 0.0103. The fourth-order valence-electron chi connectivity index (χ4n) is 1.61. The van der Waals surface area contributed by atoms with E-state index in [2.05, 4.69) is 15.6 Å². The molecule has 3 N–H and O–H groups in total. The lowest BCUT2D eigenvalue weighted by atomic mass is 10.2. The van der Waals surface area contributed by atoms with Crippen molar-refractivity contribution in [3.63, 3.8) is 0 Å². The molecular formula is C10H13N3O2. The van der Waals surface area contributed by atoms with Crippen LogP contribution in [-0.4, -0.2) is 28.6 Å². The van der Waals surface area contributed by atoms with Crippen molar-refractivity contribution in [2.24, 2.45) is 0 Å². The summed E-state index contributed by atoms with van der Waals surface area (Å²) in [7, 11) is 0. The normalized spacial score (nSPS) is 20.1. The molecule has 1 aliphatic heterocycles. The predicted molar refractivity (Wildman–Crippen MR) is 55.6 cm³/mol. The Hall–Kier alpha value is -1.62. The largest absolute Gasteiger partial charge is 0.504 e. The second kappa shape index (κ2) is 4.27. The number of anilines is 1. The lowest BCUT2D eigenvalue weighted by Crippen LogP contribution is -2.35. The summed E-state index contributed by atoms with van der Waals surface area (Å²) in [6, 6.07) is 2.94. The zero-order valence-electron chi connectivity index (χ0n) is 8.23. The standard InChI is InChI=1S/C10H13N3O2/c14-8-4-2-6-12-9(8)13-10(15)7-3-1-5-11-7/h2,4,6-7,11,14H,1,3,5H2,(H,12,13,15)/t7-/m0/s1. The second-order valence-corrected chi connectivity index (χ2v) is 3.51. The lowest BCUT2D eigenvalue weighted by molar-refractivity contribution is -0.117. The molecule has 1 amide bonds. The number of hydrogen-bond donors (Lipinski definition) is 3. The molecule has 0 radical (unpaired) electrons. The minimum atomic E-state index is -0.161. The lowest BCUT2D eigenvalue weighted by Gasteiger charge is -2.10. The molecule has 2 rings (SSSR count). The molecule has 0 bridgehead atoms. The highest BCUT2D eigenvalue weighted by atomic mass is 16.3. The van der Waals surface area contributed by atoms with Crippen LogP contribution in [0, 0.1) is 0 Å². The molecule has 1 aliphatic rings. The first-order valence-electron chi connectivity index (χ1n) is 4.95. The summed E-state index contributed by atoms with van der Waals surface area (Å²) >= 11 is 0. The van der Waals surface area contributed by atoms with Crippen molar-refractivity contribution in [2.45, 2.75) is 18.9 Å². The summed E-state index contributed by atoms with van der Waals surface area (Å²) in [5, 5.41) is 15.1. The smallest absolute Gasteiger partial charge is 0.242 e. The number of hydrogen-bond acceptors (Lipinski definition) is 4. The van der Waals surface area contributed by atoms with Gasteiger partial charge in [-0.1, -0.05) is 0 Å². The molecule has 2 heterocycles. The van der Waals surface area contributed by atoms with Crippen LogP contribution in [0.4, 0.5) is 5.82 Å². The third-order valence-electron chi connectivity index (χ3n) is 2.40. The van der Waals surface area contributed by atoms with Gasteiger partial charge in [0.25, 0.3) is 0 Å². The fourth-order valence-corrected chi connectivity index (χ4v) is 1.61. The zero-order chi connectivity index (χ0) is 10.7. The molecule has 1 atom stereocenters. The molecule has 5 nitrogen and oxygen atoms in total. The number of amides is 1. The Labute approximate surface area is 87.5 Å². The molecule has 0 aromatic carbocycles. The maximum absolute atomic E-state index is 11.6. The van der Waals surface area contributed by atoms with Crippen molar-refractivity contribution < 1.29 is 9.90 Å². The molecule has 1 fully saturated rings. The van der Waals surface area contributed by atoms with E-state index < -0.39 is 0 Å². The van der Waals surface area contributed by atoms with Gasteiger partial charge < -0.3 is 15.7 Å². The number of carbonyl (C=O) groups excluding carboxylic acids is 1. The van der Waals surface area contributed by atoms with Gasteiger partial charge in [0.05, 0.1) is 6.04 Å². The van der Waals surface area contributed by atoms with Crippen molar-refractivity contribution in [1.29, 1.82) is 0 Å². The summed E-state index contributed by atoms with van der Waals surface area (Å²) in [5.74, 6) is 0.0709. The first-order chi connectivity index (χ1) is 7.27. The van der Waals surface area contributed by atoms with E-state index in [9.17, 15) is 9.90 Å². The minimum Gasteiger partial charge on any atom is -0.504 e. The Morgan fingerprint density at radius 1 is 1.67 bits per heavy atom. The number of nitrogens with zero attached hydrogens (tertiary/aromatic N) is 1. The van der Waals surface area contributed by atoms with E-state index in [0.29, 0.717) is 0 Å². The topological polar surface area (TPSA) is 74.2 Å². The van der Waals surface area contributed by atoms with E-state index in [1.165, 1.54) is 12.3 Å². The molecule has 0 aliphatic carbocycles. The quantitative estimate of drug-likeness (QED) is 0.659. The Morgan fingerprint density at radius 3 is 3.20 bits per heavy atom. The average molecular weight is 207 g/mol. The summed E-state index contributed by atoms with van der Waals surface area (Å²) in [6.07, 6.45) is 3.36. The SMILES string of the molecule is O=C(Nc1ncccc1O)[C@@H]1CCCN1. The van der Waals surface area contributed by atoms with Gasteiger partial charge in [-0.2, -0.15) is 0 Å². The number of aromatic nitrogens is 1. The van der Waals surface area contributed by atoms with Gasteiger partial charge in [-0.15, -0.1) is 0 Å². The molecule has 1 saturated heterocycles. The van der Waals surface area contributed by atoms with Crippen LogP contribution >= 0.6 is 0 Å². The van der Waals surface area contributed by atoms with Crippen molar-refractivity contribution >= 4 is 11.7 Å². The van der Waals surface area contributed by atoms with Gasteiger partial charge in [-0.25, -0.2) is 4.98 Å². The van der Waals surface area contributed by atoms with Gasteiger partial charge in [0.2, 0.25) is 5.91 Å². The van der Waals surface area contributed by atoms with E-state index in [1.54, 1.807) is 6.07 Å². The van der Waals surface area contributed by atoms with E-state index in [-0.39, 0.29) is 23.5 Å². The van der Waals surface area contributed by atoms with Gasteiger partial charge in [0.1, 0.15) is 0 Å². The molecule has 0 spiro atoms. The van der Waals surface area contributed by atoms with Gasteiger partial charge in [-0.05, 0) is 31.5 Å². The van der Waals surface area contributed by atoms with Crippen molar-refractivity contribution in [1.82, 2.24) is 10.3 Å². The summed E-state index contributed by atoms with van der Waals surface area (Å²) < 4.78 is 0. The third kappa shape index (κ3) is 2.24. The Kier molecular flexibility index (Phi) is 2.82. The Bertz CT molecular complexity index is 361. The van der Waals surface area contributed by atoms with Gasteiger partial charge in [0.15, 0.2) is 11.6 Å². The molecule has 1 aromatic rings. The molecule has 0 unspecified atom stereocenters. The summed E-state index contributed by atoms with van der Waals surface area (Å²) in [5.41, 5.74) is 0. The van der Waals surface area contributed by atoms with E-state index in [4.69, 9.17) is 0 Å². The average Bonchev–Trinajstić information content (AvgIpc) is 2.74. The first-order valence-corrected chi connectivity index (χ1v) is 4.95. The van der Waals surface area contributed by atoms with Gasteiger partial charge >= 0.3 is 0 Å². The van der Waals surface area contributed by atoms with E-state index in [1.807, 2.05) is 0 Å². The molecule has 0 saturated carbocycles. The van der Waals surface area contributed by atoms with Crippen LogP contribution in [0.5, 0.6) is 5.75 Å². The summed E-state index contributed by atoms with van der Waals surface area (Å²) in [6.45, 7) is 0.867.